The molecule has 1 aliphatic rings. The fourth-order valence-electron chi connectivity index (χ4n) is 3.01. The number of nitrogens with two attached hydrogens (primary N) is 1. The van der Waals surface area contributed by atoms with Gasteiger partial charge in [-0.25, -0.2) is 4.39 Å². The Morgan fingerprint density at radius 2 is 2.10 bits per heavy atom. The maximum Gasteiger partial charge on any atom is 0.258 e. The molecular weight excluding hydrogens is 271 g/mol. The number of nitrogens with one attached hydrogen (secondary N) is 1. The van der Waals surface area contributed by atoms with Gasteiger partial charge in [-0.3, -0.25) is 4.79 Å². The minimum atomic E-state index is -0.572. The minimum Gasteiger partial charge on any atom is -0.496 e. The minimum absolute atomic E-state index is 0.0389. The summed E-state index contributed by atoms with van der Waals surface area (Å²) in [5.74, 6) is -0.765. The van der Waals surface area contributed by atoms with Crippen molar-refractivity contribution in [2.24, 2.45) is 11.1 Å². The second-order valence-corrected chi connectivity index (χ2v) is 5.76. The summed E-state index contributed by atoms with van der Waals surface area (Å²) in [5.41, 5.74) is 5.81. The van der Waals surface area contributed by atoms with Gasteiger partial charge in [0.1, 0.15) is 17.1 Å². The number of halogens is 1. The zero-order valence-corrected chi connectivity index (χ0v) is 12.5. The molecule has 0 heterocycles. The largest absolute Gasteiger partial charge is 0.496 e. The van der Waals surface area contributed by atoms with E-state index < -0.39 is 11.7 Å². The van der Waals surface area contributed by atoms with Crippen LogP contribution in [0.3, 0.4) is 0 Å². The van der Waals surface area contributed by atoms with Gasteiger partial charge in [-0.2, -0.15) is 0 Å². The molecule has 0 unspecified atom stereocenters. The summed E-state index contributed by atoms with van der Waals surface area (Å²) >= 11 is 0. The summed E-state index contributed by atoms with van der Waals surface area (Å²) in [6, 6.07) is 4.36. The zero-order valence-electron chi connectivity index (χ0n) is 12.5. The molecule has 1 aromatic rings. The van der Waals surface area contributed by atoms with Crippen molar-refractivity contribution >= 4 is 5.91 Å². The van der Waals surface area contributed by atoms with Crippen LogP contribution in [0.2, 0.25) is 0 Å². The molecule has 21 heavy (non-hydrogen) atoms. The summed E-state index contributed by atoms with van der Waals surface area (Å²) in [6.07, 6.45) is 5.51. The molecule has 4 nitrogen and oxygen atoms in total. The predicted molar refractivity (Wildman–Crippen MR) is 79.9 cm³/mol. The number of rotatable bonds is 5. The van der Waals surface area contributed by atoms with Crippen LogP contribution in [-0.4, -0.2) is 26.1 Å². The SMILES string of the molecule is COc1cccc(F)c1C(=O)NCC1(CN)CCCCC1. The third kappa shape index (κ3) is 3.53. The van der Waals surface area contributed by atoms with Gasteiger partial charge in [0.2, 0.25) is 0 Å². The molecule has 1 fully saturated rings. The molecule has 5 heteroatoms. The molecule has 1 amide bonds. The lowest BCUT2D eigenvalue weighted by Gasteiger charge is -2.36. The highest BCUT2D eigenvalue weighted by molar-refractivity contribution is 5.97. The molecule has 1 saturated carbocycles. The summed E-state index contributed by atoms with van der Waals surface area (Å²) < 4.78 is 18.9. The van der Waals surface area contributed by atoms with Gasteiger partial charge >= 0.3 is 0 Å². The number of methoxy groups -OCH3 is 1. The lowest BCUT2D eigenvalue weighted by atomic mass is 9.74. The first-order valence-corrected chi connectivity index (χ1v) is 7.43. The van der Waals surface area contributed by atoms with Gasteiger partial charge in [0.25, 0.3) is 5.91 Å². The molecule has 3 N–H and O–H groups in total. The molecule has 0 saturated heterocycles. The molecular formula is C16H23FN2O2. The fourth-order valence-corrected chi connectivity index (χ4v) is 3.01. The number of ether oxygens (including phenoxy) is 1. The van der Waals surface area contributed by atoms with Gasteiger partial charge in [-0.05, 0) is 36.9 Å². The quantitative estimate of drug-likeness (QED) is 0.877. The standard InChI is InChI=1S/C16H23FN2O2/c1-21-13-7-5-6-12(17)14(13)15(20)19-11-16(10-18)8-3-2-4-9-16/h5-7H,2-4,8-11,18H2,1H3,(H,19,20). The van der Waals surface area contributed by atoms with Crippen molar-refractivity contribution in [3.05, 3.63) is 29.6 Å². The Balaban J connectivity index is 2.08. The first kappa shape index (κ1) is 15.8. The van der Waals surface area contributed by atoms with Crippen LogP contribution in [0.4, 0.5) is 4.39 Å². The first-order chi connectivity index (χ1) is 10.1. The van der Waals surface area contributed by atoms with Crippen molar-refractivity contribution in [1.82, 2.24) is 5.32 Å². The van der Waals surface area contributed by atoms with Gasteiger partial charge in [-0.1, -0.05) is 25.3 Å². The predicted octanol–water partition coefficient (Wildman–Crippen LogP) is 2.47. The van der Waals surface area contributed by atoms with E-state index in [1.807, 2.05) is 0 Å². The summed E-state index contributed by atoms with van der Waals surface area (Å²) in [5, 5.41) is 2.84. The van der Waals surface area contributed by atoms with Crippen molar-refractivity contribution in [2.45, 2.75) is 32.1 Å². The van der Waals surface area contributed by atoms with Crippen molar-refractivity contribution in [2.75, 3.05) is 20.2 Å². The second kappa shape index (κ2) is 6.89. The van der Waals surface area contributed by atoms with E-state index in [1.54, 1.807) is 6.07 Å². The van der Waals surface area contributed by atoms with Crippen molar-refractivity contribution < 1.29 is 13.9 Å². The lowest BCUT2D eigenvalue weighted by Crippen LogP contribution is -2.44. The van der Waals surface area contributed by atoms with E-state index in [4.69, 9.17) is 10.5 Å². The average Bonchev–Trinajstić information content (AvgIpc) is 2.53. The van der Waals surface area contributed by atoms with Crippen molar-refractivity contribution in [3.8, 4) is 5.75 Å². The second-order valence-electron chi connectivity index (χ2n) is 5.76. The van der Waals surface area contributed by atoms with Crippen molar-refractivity contribution in [3.63, 3.8) is 0 Å². The third-order valence-electron chi connectivity index (χ3n) is 4.39. The number of carbonyl (C=O) groups is 1. The van der Waals surface area contributed by atoms with Gasteiger partial charge in [0.15, 0.2) is 0 Å². The normalized spacial score (nSPS) is 17.3. The number of hydrogen-bond acceptors (Lipinski definition) is 3. The zero-order chi connectivity index (χ0) is 15.3. The maximum absolute atomic E-state index is 13.9. The van der Waals surface area contributed by atoms with Crippen LogP contribution in [0.5, 0.6) is 5.75 Å². The molecule has 116 valence electrons. The molecule has 0 spiro atoms. The molecule has 0 radical (unpaired) electrons. The molecule has 0 aromatic heterocycles. The van der Waals surface area contributed by atoms with E-state index >= 15 is 0 Å². The third-order valence-corrected chi connectivity index (χ3v) is 4.39. The highest BCUT2D eigenvalue weighted by atomic mass is 19.1. The number of carbonyl (C=O) groups excluding carboxylic acids is 1. The van der Waals surface area contributed by atoms with Gasteiger partial charge in [0.05, 0.1) is 7.11 Å². The van der Waals surface area contributed by atoms with Crippen LogP contribution in [0.1, 0.15) is 42.5 Å². The van der Waals surface area contributed by atoms with Crippen molar-refractivity contribution in [1.29, 1.82) is 0 Å². The molecule has 1 aliphatic carbocycles. The highest BCUT2D eigenvalue weighted by Crippen LogP contribution is 2.34. The maximum atomic E-state index is 13.9. The fraction of sp³-hybridized carbons (Fsp3) is 0.562. The Morgan fingerprint density at radius 3 is 2.71 bits per heavy atom. The molecule has 0 bridgehead atoms. The molecule has 1 aromatic carbocycles. The molecule has 2 rings (SSSR count). The monoisotopic (exact) mass is 294 g/mol. The number of amides is 1. The smallest absolute Gasteiger partial charge is 0.258 e. The number of benzene rings is 1. The Bertz CT molecular complexity index is 499. The van der Waals surface area contributed by atoms with Crippen LogP contribution >= 0.6 is 0 Å². The highest BCUT2D eigenvalue weighted by Gasteiger charge is 2.31. The van der Waals surface area contributed by atoms with Crippen LogP contribution in [-0.2, 0) is 0 Å². The van der Waals surface area contributed by atoms with Crippen LogP contribution < -0.4 is 15.8 Å². The van der Waals surface area contributed by atoms with Gasteiger partial charge in [0, 0.05) is 6.54 Å². The van der Waals surface area contributed by atoms with E-state index in [1.165, 1.54) is 25.7 Å². The summed E-state index contributed by atoms with van der Waals surface area (Å²) in [4.78, 5) is 12.3. The lowest BCUT2D eigenvalue weighted by molar-refractivity contribution is 0.0906. The molecule has 0 aliphatic heterocycles. The van der Waals surface area contributed by atoms with Gasteiger partial charge < -0.3 is 15.8 Å². The van der Waals surface area contributed by atoms with Crippen LogP contribution in [0, 0.1) is 11.2 Å². The van der Waals surface area contributed by atoms with Gasteiger partial charge in [-0.15, -0.1) is 0 Å². The van der Waals surface area contributed by atoms with E-state index in [9.17, 15) is 9.18 Å². The van der Waals surface area contributed by atoms with Crippen LogP contribution in [0.15, 0.2) is 18.2 Å². The number of hydrogen-bond donors (Lipinski definition) is 2. The Morgan fingerprint density at radius 1 is 1.38 bits per heavy atom. The summed E-state index contributed by atoms with van der Waals surface area (Å²) in [6.45, 7) is 1.03. The Labute approximate surface area is 124 Å². The average molecular weight is 294 g/mol. The Hall–Kier alpha value is -1.62. The van der Waals surface area contributed by atoms with E-state index in [0.29, 0.717) is 13.1 Å². The Kier molecular flexibility index (Phi) is 5.17. The van der Waals surface area contributed by atoms with E-state index in [0.717, 1.165) is 25.7 Å². The van der Waals surface area contributed by atoms with Crippen LogP contribution in [0.25, 0.3) is 0 Å². The van der Waals surface area contributed by atoms with E-state index in [2.05, 4.69) is 5.32 Å². The first-order valence-electron chi connectivity index (χ1n) is 7.43. The molecule has 0 atom stereocenters. The summed E-state index contributed by atoms with van der Waals surface area (Å²) in [7, 11) is 1.42. The topological polar surface area (TPSA) is 64.3 Å². The van der Waals surface area contributed by atoms with E-state index in [-0.39, 0.29) is 16.7 Å².